The van der Waals surface area contributed by atoms with E-state index in [9.17, 15) is 4.39 Å². The number of hydrogen-bond acceptors (Lipinski definition) is 7. The lowest BCUT2D eigenvalue weighted by molar-refractivity contribution is -0.0592. The van der Waals surface area contributed by atoms with Crippen LogP contribution >= 0.6 is 11.6 Å². The second-order valence-corrected chi connectivity index (χ2v) is 11.8. The molecule has 0 amide bonds. The van der Waals surface area contributed by atoms with Crippen LogP contribution < -0.4 is 10.5 Å². The Morgan fingerprint density at radius 1 is 1.14 bits per heavy atom. The minimum atomic E-state index is -0.507. The number of piperidine rings is 1. The van der Waals surface area contributed by atoms with Gasteiger partial charge in [-0.3, -0.25) is 9.88 Å². The Labute approximate surface area is 253 Å². The molecule has 43 heavy (non-hydrogen) atoms. The van der Waals surface area contributed by atoms with Gasteiger partial charge in [-0.2, -0.15) is 0 Å². The fourth-order valence-corrected chi connectivity index (χ4v) is 6.40. The number of amidine groups is 1. The average molecular weight is 603 g/mol. The summed E-state index contributed by atoms with van der Waals surface area (Å²) in [6, 6.07) is 12.7. The quantitative estimate of drug-likeness (QED) is 0.122. The Balaban J connectivity index is 1.08. The number of halogens is 2. The first-order chi connectivity index (χ1) is 21.0. The lowest BCUT2D eigenvalue weighted by Gasteiger charge is -2.34. The fourth-order valence-electron chi connectivity index (χ4n) is 6.24. The number of likely N-dealkylation sites (tertiary alicyclic amines) is 1. The van der Waals surface area contributed by atoms with Gasteiger partial charge >= 0.3 is 0 Å². The molecule has 2 atom stereocenters. The molecule has 5 heterocycles. The molecule has 2 fully saturated rings. The highest BCUT2D eigenvalue weighted by molar-refractivity contribution is 6.30. The zero-order chi connectivity index (χ0) is 29.5. The second-order valence-electron chi connectivity index (χ2n) is 11.3. The van der Waals surface area contributed by atoms with E-state index < -0.39 is 6.10 Å². The SMILES string of the molecule is NC(=NO)c1cc2nc(CN3CCC(c4cccc5c4OC(c4ccc(Cl)cc4F)C=C5)CC3)n(CC3CCO3)c2cn1. The number of aromatic nitrogens is 3. The molecule has 0 saturated carbocycles. The van der Waals surface area contributed by atoms with Gasteiger partial charge in [0.15, 0.2) is 5.84 Å². The highest BCUT2D eigenvalue weighted by Crippen LogP contribution is 2.42. The van der Waals surface area contributed by atoms with E-state index in [4.69, 9.17) is 37.0 Å². The summed E-state index contributed by atoms with van der Waals surface area (Å²) in [5, 5.41) is 12.5. The predicted octanol–water partition coefficient (Wildman–Crippen LogP) is 5.63. The third-order valence-corrected chi connectivity index (χ3v) is 8.93. The summed E-state index contributed by atoms with van der Waals surface area (Å²) in [5.41, 5.74) is 10.5. The van der Waals surface area contributed by atoms with E-state index in [-0.39, 0.29) is 17.8 Å². The molecule has 3 aliphatic rings. The van der Waals surface area contributed by atoms with Gasteiger partial charge in [-0.25, -0.2) is 9.37 Å². The first-order valence-corrected chi connectivity index (χ1v) is 14.9. The zero-order valence-corrected chi connectivity index (χ0v) is 24.3. The van der Waals surface area contributed by atoms with Crippen molar-refractivity contribution in [2.24, 2.45) is 10.9 Å². The normalized spacial score (nSPS) is 21.0. The summed E-state index contributed by atoms with van der Waals surface area (Å²) >= 11 is 5.98. The van der Waals surface area contributed by atoms with Crippen molar-refractivity contribution < 1.29 is 19.1 Å². The second kappa shape index (κ2) is 11.6. The molecule has 2 aromatic carbocycles. The molecule has 0 radical (unpaired) electrons. The van der Waals surface area contributed by atoms with E-state index in [0.29, 0.717) is 35.3 Å². The van der Waals surface area contributed by atoms with Crippen LogP contribution in [0.25, 0.3) is 17.1 Å². The van der Waals surface area contributed by atoms with Crippen LogP contribution in [0.5, 0.6) is 5.75 Å². The maximum atomic E-state index is 14.7. The summed E-state index contributed by atoms with van der Waals surface area (Å²) in [5.74, 6) is 1.68. The third kappa shape index (κ3) is 5.46. The van der Waals surface area contributed by atoms with Gasteiger partial charge in [-0.1, -0.05) is 47.1 Å². The van der Waals surface area contributed by atoms with Gasteiger partial charge in [-0.15, -0.1) is 0 Å². The van der Waals surface area contributed by atoms with Crippen LogP contribution in [0.2, 0.25) is 5.02 Å². The molecule has 0 spiro atoms. The number of imidazole rings is 1. The number of para-hydroxylation sites is 1. The van der Waals surface area contributed by atoms with Crippen LogP contribution in [0.1, 0.15) is 59.5 Å². The highest BCUT2D eigenvalue weighted by atomic mass is 35.5. The van der Waals surface area contributed by atoms with Crippen molar-refractivity contribution in [2.45, 2.75) is 50.5 Å². The molecule has 11 heteroatoms. The van der Waals surface area contributed by atoms with Crippen LogP contribution in [0.15, 0.2) is 59.9 Å². The van der Waals surface area contributed by atoms with Crippen LogP contribution in [-0.4, -0.2) is 56.3 Å². The lowest BCUT2D eigenvalue weighted by atomic mass is 9.87. The van der Waals surface area contributed by atoms with Gasteiger partial charge in [-0.05, 0) is 68.1 Å². The summed E-state index contributed by atoms with van der Waals surface area (Å²) in [7, 11) is 0. The van der Waals surface area contributed by atoms with E-state index in [1.807, 2.05) is 18.2 Å². The number of nitrogens with two attached hydrogens (primary N) is 1. The van der Waals surface area contributed by atoms with Gasteiger partial charge in [0.2, 0.25) is 0 Å². The van der Waals surface area contributed by atoms with Crippen molar-refractivity contribution in [1.29, 1.82) is 0 Å². The molecular formula is C32H32ClFN6O3. The van der Waals surface area contributed by atoms with Crippen molar-refractivity contribution in [2.75, 3.05) is 19.7 Å². The van der Waals surface area contributed by atoms with Crippen LogP contribution in [-0.2, 0) is 17.8 Å². The Hall–Kier alpha value is -3.99. The fraction of sp³-hybridized carbons (Fsp3) is 0.344. The molecule has 0 bridgehead atoms. The minimum Gasteiger partial charge on any atom is -0.481 e. The third-order valence-electron chi connectivity index (χ3n) is 8.70. The number of nitrogens with zero attached hydrogens (tertiary/aromatic N) is 5. The molecule has 2 unspecified atom stereocenters. The standard InChI is InChI=1S/C32H32ClFN6O3/c33-21-5-6-24(25(34)14-21)29-7-4-20-2-1-3-23(31(20)43-29)19-8-11-39(12-9-19)18-30-37-26-15-27(32(35)38-41)36-16-28(26)40(30)17-22-10-13-42-22/h1-7,14-16,19,22,29,41H,8-13,17-18H2,(H2,35,38). The largest absolute Gasteiger partial charge is 0.481 e. The van der Waals surface area contributed by atoms with Crippen LogP contribution in [0.4, 0.5) is 4.39 Å². The van der Waals surface area contributed by atoms with E-state index >= 15 is 0 Å². The number of benzene rings is 2. The van der Waals surface area contributed by atoms with Crippen molar-refractivity contribution in [3.63, 3.8) is 0 Å². The number of rotatable bonds is 7. The van der Waals surface area contributed by atoms with Crippen LogP contribution in [0, 0.1) is 5.82 Å². The molecule has 3 aliphatic heterocycles. The van der Waals surface area contributed by atoms with Crippen molar-refractivity contribution in [3.8, 4) is 5.75 Å². The van der Waals surface area contributed by atoms with Crippen molar-refractivity contribution in [3.05, 3.63) is 93.8 Å². The van der Waals surface area contributed by atoms with E-state index in [2.05, 4.69) is 31.7 Å². The van der Waals surface area contributed by atoms with E-state index in [0.717, 1.165) is 72.7 Å². The van der Waals surface area contributed by atoms with E-state index in [1.54, 1.807) is 24.4 Å². The topological polar surface area (TPSA) is 111 Å². The Morgan fingerprint density at radius 2 is 1.98 bits per heavy atom. The molecule has 0 aliphatic carbocycles. The molecule has 222 valence electrons. The average Bonchev–Trinajstić information content (AvgIpc) is 3.34. The first-order valence-electron chi connectivity index (χ1n) is 14.6. The first kappa shape index (κ1) is 27.8. The Bertz CT molecular complexity index is 1730. The molecule has 2 saturated heterocycles. The minimum absolute atomic E-state index is 0.0467. The Morgan fingerprint density at radius 3 is 2.72 bits per heavy atom. The smallest absolute Gasteiger partial charge is 0.188 e. The van der Waals surface area contributed by atoms with Gasteiger partial charge in [0.1, 0.15) is 29.2 Å². The maximum Gasteiger partial charge on any atom is 0.188 e. The lowest BCUT2D eigenvalue weighted by Crippen LogP contribution is -2.35. The summed E-state index contributed by atoms with van der Waals surface area (Å²) in [6.45, 7) is 3.98. The maximum absolute atomic E-state index is 14.7. The monoisotopic (exact) mass is 602 g/mol. The molecule has 9 nitrogen and oxygen atoms in total. The molecule has 7 rings (SSSR count). The van der Waals surface area contributed by atoms with Gasteiger partial charge in [0.05, 0.1) is 36.4 Å². The summed E-state index contributed by atoms with van der Waals surface area (Å²) < 4.78 is 29.1. The number of fused-ring (bicyclic) bond motifs is 2. The molecule has 4 aromatic rings. The molecular weight excluding hydrogens is 571 g/mol. The van der Waals surface area contributed by atoms with Gasteiger partial charge in [0.25, 0.3) is 0 Å². The highest BCUT2D eigenvalue weighted by Gasteiger charge is 2.29. The van der Waals surface area contributed by atoms with Crippen LogP contribution in [0.3, 0.4) is 0 Å². The molecule has 3 N–H and O–H groups in total. The van der Waals surface area contributed by atoms with Gasteiger partial charge < -0.3 is 25.0 Å². The van der Waals surface area contributed by atoms with Gasteiger partial charge in [0, 0.05) is 22.8 Å². The Kier molecular flexibility index (Phi) is 7.50. The predicted molar refractivity (Wildman–Crippen MR) is 162 cm³/mol. The van der Waals surface area contributed by atoms with Crippen molar-refractivity contribution in [1.82, 2.24) is 19.4 Å². The number of hydrogen-bond donors (Lipinski definition) is 2. The summed E-state index contributed by atoms with van der Waals surface area (Å²) in [4.78, 5) is 11.8. The molecule has 2 aromatic heterocycles. The van der Waals surface area contributed by atoms with Crippen molar-refractivity contribution >= 4 is 34.5 Å². The number of oxime groups is 1. The number of pyridine rings is 1. The van der Waals surface area contributed by atoms with E-state index in [1.165, 1.54) is 6.07 Å². The number of ether oxygens (including phenoxy) is 2. The zero-order valence-electron chi connectivity index (χ0n) is 23.5. The summed E-state index contributed by atoms with van der Waals surface area (Å²) in [6.07, 6.45) is 8.25.